The Morgan fingerprint density at radius 1 is 0.964 bits per heavy atom. The van der Waals surface area contributed by atoms with Crippen molar-refractivity contribution in [2.24, 2.45) is 0 Å². The van der Waals surface area contributed by atoms with Crippen molar-refractivity contribution in [2.45, 2.75) is 45.3 Å². The molecule has 0 spiro atoms. The molecule has 9 heteroatoms. The number of hydrogen-bond acceptors (Lipinski definition) is 3. The van der Waals surface area contributed by atoms with Gasteiger partial charge in [0.05, 0.1) is 15.9 Å². The molecule has 0 bridgehead atoms. The zero-order chi connectivity index (χ0) is 21.3. The molecule has 2 heterocycles. The predicted molar refractivity (Wildman–Crippen MR) is 102 cm³/mol. The molecule has 5 nitrogen and oxygen atoms in total. The zero-order valence-corrected chi connectivity index (χ0v) is 16.7. The van der Waals surface area contributed by atoms with Crippen molar-refractivity contribution in [2.75, 3.05) is 0 Å². The highest BCUT2D eigenvalue weighted by Gasteiger charge is 2.30. The van der Waals surface area contributed by atoms with Gasteiger partial charge in [-0.2, -0.15) is 13.2 Å². The van der Waals surface area contributed by atoms with Gasteiger partial charge in [-0.3, -0.25) is 9.36 Å². The summed E-state index contributed by atoms with van der Waals surface area (Å²) in [6.45, 7) is 5.79. The summed E-state index contributed by atoms with van der Waals surface area (Å²) in [4.78, 5) is 11.9. The van der Waals surface area contributed by atoms with Crippen LogP contribution in [0, 0.1) is 13.8 Å². The molecule has 0 aliphatic rings. The number of aromatic nitrogens is 2. The molecule has 1 aromatic carbocycles. The highest BCUT2D eigenvalue weighted by molar-refractivity contribution is 7.90. The molecule has 0 atom stereocenters. The van der Waals surface area contributed by atoms with E-state index in [1.54, 1.807) is 19.1 Å². The molecule has 0 radical (unpaired) electrons. The summed E-state index contributed by atoms with van der Waals surface area (Å²) >= 11 is 0. The van der Waals surface area contributed by atoms with E-state index in [0.29, 0.717) is 4.57 Å². The molecule has 0 aliphatic carbocycles. The van der Waals surface area contributed by atoms with E-state index < -0.39 is 28.3 Å². The topological polar surface area (TPSA) is 61.1 Å². The monoisotopic (exact) mass is 414 g/mol. The fourth-order valence-electron chi connectivity index (χ4n) is 2.83. The van der Waals surface area contributed by atoms with E-state index in [2.05, 4.69) is 0 Å². The van der Waals surface area contributed by atoms with Crippen molar-refractivity contribution in [3.05, 3.63) is 64.1 Å². The highest BCUT2D eigenvalue weighted by atomic mass is 32.2. The average Bonchev–Trinajstić information content (AvgIpc) is 2.96. The SMILES string of the molecule is CC.Cc1ccc(S(=O)(=O)n2cc(C)c3c2ccc(=O)n3CC(F)(F)F)cc1. The number of aryl methyl sites for hydroxylation is 2. The number of hydrogen-bond donors (Lipinski definition) is 0. The lowest BCUT2D eigenvalue weighted by Crippen LogP contribution is -2.28. The van der Waals surface area contributed by atoms with Crippen LogP contribution in [0.4, 0.5) is 13.2 Å². The van der Waals surface area contributed by atoms with Crippen LogP contribution in [0.25, 0.3) is 11.0 Å². The molecule has 0 saturated carbocycles. The summed E-state index contributed by atoms with van der Waals surface area (Å²) in [6.07, 6.45) is -3.38. The largest absolute Gasteiger partial charge is 0.406 e. The van der Waals surface area contributed by atoms with Crippen molar-refractivity contribution < 1.29 is 21.6 Å². The summed E-state index contributed by atoms with van der Waals surface area (Å²) in [5, 5.41) is 0. The molecular weight excluding hydrogens is 393 g/mol. The molecular formula is C19H21F3N2O3S. The van der Waals surface area contributed by atoms with Crippen LogP contribution < -0.4 is 5.56 Å². The molecule has 0 N–H and O–H groups in total. The van der Waals surface area contributed by atoms with Gasteiger partial charge in [-0.25, -0.2) is 12.4 Å². The lowest BCUT2D eigenvalue weighted by atomic mass is 10.2. The fraction of sp³-hybridized carbons (Fsp3) is 0.316. The summed E-state index contributed by atoms with van der Waals surface area (Å²) in [7, 11) is -4.01. The minimum atomic E-state index is -4.61. The fourth-order valence-corrected chi connectivity index (χ4v) is 4.24. The Hall–Kier alpha value is -2.55. The van der Waals surface area contributed by atoms with E-state index in [1.165, 1.54) is 31.3 Å². The second-order valence-electron chi connectivity index (χ2n) is 6.03. The van der Waals surface area contributed by atoms with E-state index in [4.69, 9.17) is 0 Å². The number of nitrogens with zero attached hydrogens (tertiary/aromatic N) is 2. The van der Waals surface area contributed by atoms with Crippen LogP contribution in [0.15, 0.2) is 52.3 Å². The van der Waals surface area contributed by atoms with Crippen molar-refractivity contribution in [1.82, 2.24) is 8.54 Å². The third-order valence-corrected chi connectivity index (χ3v) is 5.69. The van der Waals surface area contributed by atoms with Crippen molar-refractivity contribution in [3.8, 4) is 0 Å². The summed E-state index contributed by atoms with van der Waals surface area (Å²) in [5.74, 6) is 0. The van der Waals surface area contributed by atoms with Crippen LogP contribution in [0.1, 0.15) is 25.0 Å². The molecule has 0 amide bonds. The van der Waals surface area contributed by atoms with Gasteiger partial charge in [0.25, 0.3) is 15.6 Å². The average molecular weight is 414 g/mol. The van der Waals surface area contributed by atoms with Crippen LogP contribution in [0.5, 0.6) is 0 Å². The first-order chi connectivity index (χ1) is 13.0. The maximum atomic E-state index is 12.9. The Bertz CT molecular complexity index is 1140. The van der Waals surface area contributed by atoms with Gasteiger partial charge in [-0.05, 0) is 37.6 Å². The number of pyridine rings is 1. The summed E-state index contributed by atoms with van der Waals surface area (Å²) in [5.41, 5.74) is 0.259. The van der Waals surface area contributed by atoms with Crippen molar-refractivity contribution >= 4 is 21.1 Å². The minimum Gasteiger partial charge on any atom is -0.297 e. The van der Waals surface area contributed by atoms with E-state index in [0.717, 1.165) is 15.6 Å². The van der Waals surface area contributed by atoms with Crippen molar-refractivity contribution in [1.29, 1.82) is 0 Å². The Morgan fingerprint density at radius 2 is 1.54 bits per heavy atom. The van der Waals surface area contributed by atoms with Crippen LogP contribution in [-0.2, 0) is 16.6 Å². The van der Waals surface area contributed by atoms with E-state index in [-0.39, 0.29) is 21.5 Å². The lowest BCUT2D eigenvalue weighted by molar-refractivity contribution is -0.140. The second-order valence-corrected chi connectivity index (χ2v) is 7.85. The minimum absolute atomic E-state index is 0.00794. The van der Waals surface area contributed by atoms with Gasteiger partial charge in [0.1, 0.15) is 6.54 Å². The predicted octanol–water partition coefficient (Wildman–Crippen LogP) is 4.25. The third kappa shape index (κ3) is 4.14. The van der Waals surface area contributed by atoms with Gasteiger partial charge in [0.2, 0.25) is 0 Å². The van der Waals surface area contributed by atoms with Crippen LogP contribution >= 0.6 is 0 Å². The molecule has 0 saturated heterocycles. The first kappa shape index (κ1) is 21.7. The molecule has 28 heavy (non-hydrogen) atoms. The first-order valence-corrected chi connectivity index (χ1v) is 10.1. The lowest BCUT2D eigenvalue weighted by Gasteiger charge is -2.12. The second kappa shape index (κ2) is 7.83. The zero-order valence-electron chi connectivity index (χ0n) is 15.9. The molecule has 0 fully saturated rings. The number of alkyl halides is 3. The Balaban J connectivity index is 0.00000136. The first-order valence-electron chi connectivity index (χ1n) is 8.61. The van der Waals surface area contributed by atoms with Crippen LogP contribution in [-0.4, -0.2) is 23.1 Å². The van der Waals surface area contributed by atoms with Gasteiger partial charge in [-0.1, -0.05) is 31.5 Å². The molecule has 0 unspecified atom stereocenters. The van der Waals surface area contributed by atoms with Gasteiger partial charge in [0, 0.05) is 12.3 Å². The number of halogens is 3. The maximum Gasteiger partial charge on any atom is 0.406 e. The van der Waals surface area contributed by atoms with Crippen molar-refractivity contribution in [3.63, 3.8) is 0 Å². The normalized spacial score (nSPS) is 12.0. The number of fused-ring (bicyclic) bond motifs is 1. The van der Waals surface area contributed by atoms with Gasteiger partial charge >= 0.3 is 6.18 Å². The number of rotatable bonds is 3. The molecule has 3 aromatic rings. The Morgan fingerprint density at radius 3 is 2.07 bits per heavy atom. The number of benzene rings is 1. The van der Waals surface area contributed by atoms with Crippen LogP contribution in [0.2, 0.25) is 0 Å². The van der Waals surface area contributed by atoms with E-state index in [9.17, 15) is 26.4 Å². The van der Waals surface area contributed by atoms with Crippen LogP contribution in [0.3, 0.4) is 0 Å². The maximum absolute atomic E-state index is 12.9. The highest BCUT2D eigenvalue weighted by Crippen LogP contribution is 2.27. The molecule has 3 rings (SSSR count). The summed E-state index contributed by atoms with van der Waals surface area (Å²) < 4.78 is 65.8. The Kier molecular flexibility index (Phi) is 6.08. The van der Waals surface area contributed by atoms with Gasteiger partial charge in [0.15, 0.2) is 0 Å². The molecule has 2 aromatic heterocycles. The molecule has 0 aliphatic heterocycles. The van der Waals surface area contributed by atoms with Gasteiger partial charge in [-0.15, -0.1) is 0 Å². The summed E-state index contributed by atoms with van der Waals surface area (Å²) in [6, 6.07) is 8.28. The molecule has 152 valence electrons. The van der Waals surface area contributed by atoms with Gasteiger partial charge < -0.3 is 0 Å². The third-order valence-electron chi connectivity index (χ3n) is 4.00. The van der Waals surface area contributed by atoms with E-state index >= 15 is 0 Å². The smallest absolute Gasteiger partial charge is 0.297 e. The standard InChI is InChI=1S/C17H15F3N2O3S.C2H6/c1-11-3-5-13(6-4-11)26(24,25)22-9-12(2)16-14(22)7-8-15(23)21(16)10-17(18,19)20;1-2/h3-9H,10H2,1-2H3;1-2H3. The quantitative estimate of drug-likeness (QED) is 0.644. The van der Waals surface area contributed by atoms with E-state index in [1.807, 2.05) is 13.8 Å². The Labute approximate surface area is 161 Å².